The van der Waals surface area contributed by atoms with Crippen LogP contribution in [0.1, 0.15) is 51.9 Å². The highest BCUT2D eigenvalue weighted by Gasteiger charge is 2.19. The van der Waals surface area contributed by atoms with E-state index >= 15 is 0 Å². The normalized spacial score (nSPS) is 15.2. The zero-order chi connectivity index (χ0) is 19.8. The second-order valence-electron chi connectivity index (χ2n) is 6.59. The number of rotatable bonds is 8. The molecule has 28 heavy (non-hydrogen) atoms. The van der Waals surface area contributed by atoms with E-state index in [1.807, 2.05) is 66.0 Å². The van der Waals surface area contributed by atoms with E-state index in [0.29, 0.717) is 10.1 Å². The second-order valence-corrected chi connectivity index (χ2v) is 9.32. The predicted molar refractivity (Wildman–Crippen MR) is 117 cm³/mol. The largest absolute Gasteiger partial charge is 0.452 e. The van der Waals surface area contributed by atoms with Gasteiger partial charge in [0, 0.05) is 11.5 Å². The fourth-order valence-corrected chi connectivity index (χ4v) is 5.93. The summed E-state index contributed by atoms with van der Waals surface area (Å²) in [6, 6.07) is 17.3. The van der Waals surface area contributed by atoms with Gasteiger partial charge in [0.2, 0.25) is 0 Å². The topological polar surface area (TPSA) is 55.4 Å². The number of benzene rings is 2. The van der Waals surface area contributed by atoms with Crippen LogP contribution < -0.4 is 5.32 Å². The van der Waals surface area contributed by atoms with Crippen LogP contribution >= 0.6 is 23.5 Å². The van der Waals surface area contributed by atoms with Gasteiger partial charge in [-0.2, -0.15) is 0 Å². The van der Waals surface area contributed by atoms with Crippen LogP contribution in [0, 0.1) is 0 Å². The lowest BCUT2D eigenvalue weighted by atomic mass is 10.0. The lowest BCUT2D eigenvalue weighted by Gasteiger charge is -2.18. The van der Waals surface area contributed by atoms with Gasteiger partial charge in [0.1, 0.15) is 0 Å². The van der Waals surface area contributed by atoms with Crippen molar-refractivity contribution < 1.29 is 14.3 Å². The fourth-order valence-electron chi connectivity index (χ4n) is 3.07. The van der Waals surface area contributed by atoms with Crippen molar-refractivity contribution in [3.8, 4) is 0 Å². The van der Waals surface area contributed by atoms with E-state index in [1.54, 1.807) is 12.1 Å². The number of ether oxygens (including phenoxy) is 1. The third kappa shape index (κ3) is 5.79. The minimum atomic E-state index is -0.472. The van der Waals surface area contributed by atoms with E-state index < -0.39 is 5.97 Å². The van der Waals surface area contributed by atoms with E-state index in [2.05, 4.69) is 12.2 Å². The number of amides is 1. The first kappa shape index (κ1) is 20.8. The lowest BCUT2D eigenvalue weighted by Crippen LogP contribution is -2.32. The van der Waals surface area contributed by atoms with Crippen molar-refractivity contribution in [1.82, 2.24) is 5.32 Å². The summed E-state index contributed by atoms with van der Waals surface area (Å²) in [5, 5.41) is 2.97. The van der Waals surface area contributed by atoms with Gasteiger partial charge in [-0.25, -0.2) is 4.79 Å². The summed E-state index contributed by atoms with van der Waals surface area (Å²) in [6.45, 7) is 1.80. The van der Waals surface area contributed by atoms with Crippen LogP contribution in [0.4, 0.5) is 0 Å². The van der Waals surface area contributed by atoms with Crippen molar-refractivity contribution in [3.63, 3.8) is 0 Å². The van der Waals surface area contributed by atoms with Gasteiger partial charge >= 0.3 is 5.97 Å². The molecule has 1 N–H and O–H groups in total. The molecule has 0 aliphatic carbocycles. The molecular formula is C22H25NO3S2. The van der Waals surface area contributed by atoms with E-state index in [0.717, 1.165) is 29.9 Å². The Morgan fingerprint density at radius 1 is 1.07 bits per heavy atom. The monoisotopic (exact) mass is 415 g/mol. The zero-order valence-electron chi connectivity index (χ0n) is 15.9. The zero-order valence-corrected chi connectivity index (χ0v) is 17.6. The molecule has 0 radical (unpaired) electrons. The number of esters is 1. The van der Waals surface area contributed by atoms with Crippen LogP contribution in [0.2, 0.25) is 0 Å². The molecule has 0 saturated carbocycles. The number of nitrogens with one attached hydrogen (secondary N) is 1. The molecule has 1 fully saturated rings. The molecule has 1 atom stereocenters. The summed E-state index contributed by atoms with van der Waals surface area (Å²) < 4.78 is 5.66. The smallest absolute Gasteiger partial charge is 0.338 e. The van der Waals surface area contributed by atoms with E-state index in [4.69, 9.17) is 4.74 Å². The molecule has 1 aliphatic rings. The van der Waals surface area contributed by atoms with Crippen LogP contribution in [-0.4, -0.2) is 30.0 Å². The van der Waals surface area contributed by atoms with Gasteiger partial charge in [-0.05, 0) is 29.7 Å². The highest BCUT2D eigenvalue weighted by atomic mass is 32.2. The summed E-state index contributed by atoms with van der Waals surface area (Å²) in [4.78, 5) is 24.5. The lowest BCUT2D eigenvalue weighted by molar-refractivity contribution is -0.125. The maximum absolute atomic E-state index is 12.3. The summed E-state index contributed by atoms with van der Waals surface area (Å²) in [5.74, 6) is 1.57. The molecule has 3 rings (SSSR count). The average Bonchev–Trinajstić information content (AvgIpc) is 3.27. The Morgan fingerprint density at radius 3 is 2.39 bits per heavy atom. The SMILES string of the molecule is CCC[C@H](NC(=O)COC(=O)c1ccc(C2SCCS2)cc1)c1ccccc1. The third-order valence-electron chi connectivity index (χ3n) is 4.49. The quantitative estimate of drug-likeness (QED) is 0.616. The van der Waals surface area contributed by atoms with Gasteiger partial charge < -0.3 is 10.1 Å². The summed E-state index contributed by atoms with van der Waals surface area (Å²) >= 11 is 3.85. The van der Waals surface area contributed by atoms with Crippen molar-refractivity contribution >= 4 is 35.4 Å². The Balaban J connectivity index is 1.51. The molecule has 1 saturated heterocycles. The molecular weight excluding hydrogens is 390 g/mol. The summed E-state index contributed by atoms with van der Waals surface area (Å²) in [6.07, 6.45) is 1.78. The molecule has 1 amide bonds. The Hall–Kier alpha value is -1.92. The molecule has 1 heterocycles. The van der Waals surface area contributed by atoms with Crippen LogP contribution in [0.15, 0.2) is 54.6 Å². The number of hydrogen-bond donors (Lipinski definition) is 1. The molecule has 0 spiro atoms. The van der Waals surface area contributed by atoms with Crippen LogP contribution in [0.3, 0.4) is 0 Å². The van der Waals surface area contributed by atoms with Crippen molar-refractivity contribution in [2.45, 2.75) is 30.4 Å². The maximum atomic E-state index is 12.3. The van der Waals surface area contributed by atoms with Gasteiger partial charge in [0.05, 0.1) is 16.2 Å². The highest BCUT2D eigenvalue weighted by Crippen LogP contribution is 2.45. The number of carbonyl (C=O) groups is 2. The Kier molecular flexibility index (Phi) is 7.86. The molecule has 2 aromatic carbocycles. The first-order valence-corrected chi connectivity index (χ1v) is 11.6. The van der Waals surface area contributed by atoms with E-state index in [9.17, 15) is 9.59 Å². The van der Waals surface area contributed by atoms with E-state index in [-0.39, 0.29) is 18.6 Å². The first-order valence-electron chi connectivity index (χ1n) is 9.52. The van der Waals surface area contributed by atoms with Crippen molar-refractivity contribution in [1.29, 1.82) is 0 Å². The number of thioether (sulfide) groups is 2. The van der Waals surface area contributed by atoms with Gasteiger partial charge in [0.15, 0.2) is 6.61 Å². The molecule has 4 nitrogen and oxygen atoms in total. The minimum Gasteiger partial charge on any atom is -0.452 e. The molecule has 0 unspecified atom stereocenters. The third-order valence-corrected chi connectivity index (χ3v) is 7.59. The van der Waals surface area contributed by atoms with Gasteiger partial charge in [0.25, 0.3) is 5.91 Å². The predicted octanol–water partition coefficient (Wildman–Crippen LogP) is 4.98. The first-order chi connectivity index (χ1) is 13.7. The molecule has 0 bridgehead atoms. The van der Waals surface area contributed by atoms with E-state index in [1.165, 1.54) is 5.56 Å². The minimum absolute atomic E-state index is 0.0712. The maximum Gasteiger partial charge on any atom is 0.338 e. The second kappa shape index (κ2) is 10.6. The molecule has 0 aromatic heterocycles. The van der Waals surface area contributed by atoms with Crippen LogP contribution in [-0.2, 0) is 9.53 Å². The van der Waals surface area contributed by atoms with Crippen molar-refractivity contribution in [2.75, 3.05) is 18.1 Å². The number of carbonyl (C=O) groups excluding carboxylic acids is 2. The Bertz CT molecular complexity index is 774. The van der Waals surface area contributed by atoms with Crippen molar-refractivity contribution in [2.24, 2.45) is 0 Å². The Morgan fingerprint density at radius 2 is 1.75 bits per heavy atom. The van der Waals surface area contributed by atoms with Crippen LogP contribution in [0.25, 0.3) is 0 Å². The molecule has 148 valence electrons. The van der Waals surface area contributed by atoms with Crippen molar-refractivity contribution in [3.05, 3.63) is 71.3 Å². The number of hydrogen-bond acceptors (Lipinski definition) is 5. The standard InChI is InChI=1S/C22H25NO3S2/c1-2-6-19(16-7-4-3-5-8-16)23-20(24)15-26-21(25)17-9-11-18(12-10-17)22-27-13-14-28-22/h3-5,7-12,19,22H,2,6,13-15H2,1H3,(H,23,24)/t19-/m0/s1. The summed E-state index contributed by atoms with van der Waals surface area (Å²) in [7, 11) is 0. The Labute approximate surface area is 174 Å². The van der Waals surface area contributed by atoms with Gasteiger partial charge in [-0.1, -0.05) is 55.8 Å². The fraction of sp³-hybridized carbons (Fsp3) is 0.364. The van der Waals surface area contributed by atoms with Gasteiger partial charge in [-0.15, -0.1) is 23.5 Å². The molecule has 1 aliphatic heterocycles. The summed E-state index contributed by atoms with van der Waals surface area (Å²) in [5.41, 5.74) is 2.74. The highest BCUT2D eigenvalue weighted by molar-refractivity contribution is 8.19. The molecule has 2 aromatic rings. The molecule has 6 heteroatoms. The van der Waals surface area contributed by atoms with Crippen LogP contribution in [0.5, 0.6) is 0 Å². The van der Waals surface area contributed by atoms with Gasteiger partial charge in [-0.3, -0.25) is 4.79 Å². The average molecular weight is 416 g/mol.